The van der Waals surface area contributed by atoms with Gasteiger partial charge in [-0.1, -0.05) is 26.2 Å². The van der Waals surface area contributed by atoms with Crippen molar-refractivity contribution in [2.75, 3.05) is 6.61 Å². The molecular weight excluding hydrogens is 277 g/mol. The van der Waals surface area contributed by atoms with Crippen LogP contribution in [-0.4, -0.2) is 17.9 Å². The third-order valence-corrected chi connectivity index (χ3v) is 2.70. The fourth-order valence-electron chi connectivity index (χ4n) is 1.63. The first-order chi connectivity index (χ1) is 9.63. The number of nitrogens with zero attached hydrogens (tertiary/aromatic N) is 1. The Bertz CT molecular complexity index is 466. The van der Waals surface area contributed by atoms with E-state index in [-0.39, 0.29) is 10.9 Å². The second-order valence-electron chi connectivity index (χ2n) is 4.33. The Labute approximate surface area is 124 Å². The lowest BCUT2D eigenvalue weighted by Crippen LogP contribution is -2.24. The largest absolute Gasteiger partial charge is 0.493 e. The van der Waals surface area contributed by atoms with Crippen LogP contribution in [0.5, 0.6) is 5.75 Å². The monoisotopic (exact) mass is 297 g/mol. The molecule has 0 aliphatic rings. The van der Waals surface area contributed by atoms with Gasteiger partial charge in [0.25, 0.3) is 0 Å². The quantitative estimate of drug-likeness (QED) is 0.335. The molecule has 0 saturated heterocycles. The summed E-state index contributed by atoms with van der Waals surface area (Å²) in [5, 5.41) is 3.87. The summed E-state index contributed by atoms with van der Waals surface area (Å²) in [5.41, 5.74) is 8.22. The third-order valence-electron chi connectivity index (χ3n) is 2.61. The van der Waals surface area contributed by atoms with Crippen molar-refractivity contribution in [1.82, 2.24) is 5.43 Å². The lowest BCUT2D eigenvalue weighted by atomic mass is 10.2. The molecule has 6 heteroatoms. The van der Waals surface area contributed by atoms with Gasteiger partial charge in [-0.2, -0.15) is 5.10 Å². The van der Waals surface area contributed by atoms with Crippen LogP contribution >= 0.6 is 12.2 Å². The van der Waals surface area contributed by atoms with Crippen molar-refractivity contribution >= 4 is 23.5 Å². The van der Waals surface area contributed by atoms with Crippen LogP contribution in [0, 0.1) is 5.82 Å². The van der Waals surface area contributed by atoms with Crippen molar-refractivity contribution in [2.45, 2.75) is 32.6 Å². The summed E-state index contributed by atoms with van der Waals surface area (Å²) in [5.74, 6) is 0.247. The minimum absolute atomic E-state index is 0.0553. The molecule has 0 unspecified atom stereocenters. The van der Waals surface area contributed by atoms with Crippen LogP contribution in [-0.2, 0) is 0 Å². The number of benzene rings is 1. The molecule has 0 aliphatic heterocycles. The smallest absolute Gasteiger partial charge is 0.184 e. The van der Waals surface area contributed by atoms with Gasteiger partial charge in [-0.3, -0.25) is 5.43 Å². The Morgan fingerprint density at radius 3 is 2.95 bits per heavy atom. The number of nitrogens with one attached hydrogen (secondary N) is 1. The average Bonchev–Trinajstić information content (AvgIpc) is 2.40. The van der Waals surface area contributed by atoms with Crippen LogP contribution in [0.1, 0.15) is 38.2 Å². The Hall–Kier alpha value is -1.69. The van der Waals surface area contributed by atoms with Gasteiger partial charge in [-0.25, -0.2) is 4.39 Å². The van der Waals surface area contributed by atoms with E-state index in [4.69, 9.17) is 10.5 Å². The predicted octanol–water partition coefficient (Wildman–Crippen LogP) is 2.95. The lowest BCUT2D eigenvalue weighted by Gasteiger charge is -2.09. The molecular formula is C14H20FN3OS. The zero-order chi connectivity index (χ0) is 14.8. The van der Waals surface area contributed by atoms with Crippen LogP contribution in [0.2, 0.25) is 0 Å². The molecule has 3 N–H and O–H groups in total. The summed E-state index contributed by atoms with van der Waals surface area (Å²) in [4.78, 5) is 0. The van der Waals surface area contributed by atoms with E-state index in [0.29, 0.717) is 17.9 Å². The molecule has 1 rings (SSSR count). The zero-order valence-electron chi connectivity index (χ0n) is 11.6. The normalized spacial score (nSPS) is 10.7. The van der Waals surface area contributed by atoms with E-state index in [1.165, 1.54) is 31.2 Å². The van der Waals surface area contributed by atoms with Crippen LogP contribution in [0.25, 0.3) is 0 Å². The molecule has 110 valence electrons. The first-order valence-corrected chi connectivity index (χ1v) is 7.05. The van der Waals surface area contributed by atoms with Crippen LogP contribution < -0.4 is 15.9 Å². The lowest BCUT2D eigenvalue weighted by molar-refractivity contribution is 0.304. The second kappa shape index (κ2) is 9.25. The maximum absolute atomic E-state index is 13.2. The van der Waals surface area contributed by atoms with Crippen molar-refractivity contribution < 1.29 is 9.13 Å². The van der Waals surface area contributed by atoms with Gasteiger partial charge in [0.05, 0.1) is 12.8 Å². The Morgan fingerprint density at radius 2 is 2.25 bits per heavy atom. The van der Waals surface area contributed by atoms with Crippen LogP contribution in [0.15, 0.2) is 23.3 Å². The van der Waals surface area contributed by atoms with Gasteiger partial charge in [0.15, 0.2) is 5.11 Å². The van der Waals surface area contributed by atoms with E-state index in [0.717, 1.165) is 12.8 Å². The first-order valence-electron chi connectivity index (χ1n) is 6.64. The molecule has 20 heavy (non-hydrogen) atoms. The van der Waals surface area contributed by atoms with Crippen LogP contribution in [0.3, 0.4) is 0 Å². The molecule has 0 fully saturated rings. The number of hydrogen-bond acceptors (Lipinski definition) is 3. The van der Waals surface area contributed by atoms with Crippen molar-refractivity contribution in [3.05, 3.63) is 29.6 Å². The van der Waals surface area contributed by atoms with E-state index in [1.54, 1.807) is 6.07 Å². The third kappa shape index (κ3) is 6.47. The topological polar surface area (TPSA) is 59.6 Å². The fraction of sp³-hybridized carbons (Fsp3) is 0.429. The highest BCUT2D eigenvalue weighted by Gasteiger charge is 2.03. The fourth-order valence-corrected chi connectivity index (χ4v) is 1.68. The minimum atomic E-state index is -0.347. The van der Waals surface area contributed by atoms with E-state index in [1.807, 2.05) is 0 Å². The summed E-state index contributed by atoms with van der Waals surface area (Å²) in [7, 11) is 0. The maximum Gasteiger partial charge on any atom is 0.184 e. The van der Waals surface area contributed by atoms with Crippen molar-refractivity contribution in [3.63, 3.8) is 0 Å². The van der Waals surface area contributed by atoms with Crippen molar-refractivity contribution in [3.8, 4) is 5.75 Å². The molecule has 0 radical (unpaired) electrons. The van der Waals surface area contributed by atoms with Gasteiger partial charge in [-0.05, 0) is 36.8 Å². The summed E-state index contributed by atoms with van der Waals surface area (Å²) in [6.07, 6.45) is 5.92. The van der Waals surface area contributed by atoms with Gasteiger partial charge in [0.1, 0.15) is 11.6 Å². The van der Waals surface area contributed by atoms with Gasteiger partial charge < -0.3 is 10.5 Å². The molecule has 0 aromatic heterocycles. The van der Waals surface area contributed by atoms with E-state index in [9.17, 15) is 4.39 Å². The molecule has 0 atom stereocenters. The highest BCUT2D eigenvalue weighted by molar-refractivity contribution is 7.80. The van der Waals surface area contributed by atoms with Crippen molar-refractivity contribution in [1.29, 1.82) is 0 Å². The summed E-state index contributed by atoms with van der Waals surface area (Å²) in [6.45, 7) is 2.76. The Kier molecular flexibility index (Phi) is 7.57. The van der Waals surface area contributed by atoms with Gasteiger partial charge in [-0.15, -0.1) is 0 Å². The summed E-state index contributed by atoms with van der Waals surface area (Å²) < 4.78 is 18.9. The Morgan fingerprint density at radius 1 is 1.45 bits per heavy atom. The van der Waals surface area contributed by atoms with Gasteiger partial charge >= 0.3 is 0 Å². The van der Waals surface area contributed by atoms with E-state index in [2.05, 4.69) is 29.7 Å². The molecule has 0 saturated carbocycles. The molecule has 0 aliphatic carbocycles. The SMILES string of the molecule is CCCCCCOc1ccc(F)cc1C=NNC(N)=S. The number of unbranched alkanes of at least 4 members (excludes halogenated alkanes) is 3. The standard InChI is InChI=1S/C14H20FN3OS/c1-2-3-4-5-8-19-13-7-6-12(15)9-11(13)10-17-18-14(16)20/h6-7,9-10H,2-5,8H2,1H3,(H3,16,18,20). The summed E-state index contributed by atoms with van der Waals surface area (Å²) >= 11 is 4.63. The van der Waals surface area contributed by atoms with Gasteiger partial charge in [0.2, 0.25) is 0 Å². The maximum atomic E-state index is 13.2. The molecule has 0 heterocycles. The molecule has 1 aromatic rings. The van der Waals surface area contributed by atoms with Crippen molar-refractivity contribution in [2.24, 2.45) is 10.8 Å². The molecule has 0 spiro atoms. The first kappa shape index (κ1) is 16.4. The minimum Gasteiger partial charge on any atom is -0.493 e. The number of ether oxygens (including phenoxy) is 1. The average molecular weight is 297 g/mol. The number of nitrogens with two attached hydrogens (primary N) is 1. The highest BCUT2D eigenvalue weighted by atomic mass is 32.1. The second-order valence-corrected chi connectivity index (χ2v) is 4.77. The van der Waals surface area contributed by atoms with Gasteiger partial charge in [0, 0.05) is 5.56 Å². The molecule has 0 bridgehead atoms. The predicted molar refractivity (Wildman–Crippen MR) is 83.6 cm³/mol. The van der Waals surface area contributed by atoms with Crippen LogP contribution in [0.4, 0.5) is 4.39 Å². The number of halogens is 1. The molecule has 4 nitrogen and oxygen atoms in total. The summed E-state index contributed by atoms with van der Waals surface area (Å²) in [6, 6.07) is 4.31. The zero-order valence-corrected chi connectivity index (χ0v) is 12.4. The molecule has 1 aromatic carbocycles. The number of hydrazone groups is 1. The van der Waals surface area contributed by atoms with E-state index >= 15 is 0 Å². The number of rotatable bonds is 8. The molecule has 0 amide bonds. The Balaban J connectivity index is 2.60. The highest BCUT2D eigenvalue weighted by Crippen LogP contribution is 2.18. The number of hydrogen-bond donors (Lipinski definition) is 2. The number of thiocarbonyl (C=S) groups is 1. The van der Waals surface area contributed by atoms with E-state index < -0.39 is 0 Å².